The second-order valence-corrected chi connectivity index (χ2v) is 9.38. The van der Waals surface area contributed by atoms with Gasteiger partial charge in [-0.15, -0.1) is 0 Å². The monoisotopic (exact) mass is 446 g/mol. The van der Waals surface area contributed by atoms with E-state index in [0.29, 0.717) is 17.7 Å². The van der Waals surface area contributed by atoms with Crippen LogP contribution in [-0.4, -0.2) is 20.8 Å². The fourth-order valence-electron chi connectivity index (χ4n) is 3.77. The molecule has 0 radical (unpaired) electrons. The van der Waals surface area contributed by atoms with E-state index in [1.807, 2.05) is 43.3 Å². The summed E-state index contributed by atoms with van der Waals surface area (Å²) in [6.45, 7) is 2.56. The first kappa shape index (κ1) is 21.5. The third-order valence-electron chi connectivity index (χ3n) is 5.26. The minimum Gasteiger partial charge on any atom is -0.496 e. The van der Waals surface area contributed by atoms with E-state index < -0.39 is 19.7 Å². The summed E-state index contributed by atoms with van der Waals surface area (Å²) in [7, 11) is 1.69. The van der Waals surface area contributed by atoms with Crippen LogP contribution in [0.3, 0.4) is 0 Å². The lowest BCUT2D eigenvalue weighted by Gasteiger charge is -2.25. The molecule has 3 aromatic rings. The topological polar surface area (TPSA) is 27.7 Å². The Morgan fingerprint density at radius 3 is 2.23 bits per heavy atom. The van der Waals surface area contributed by atoms with E-state index in [9.17, 15) is 13.2 Å². The molecule has 31 heavy (non-hydrogen) atoms. The lowest BCUT2D eigenvalue weighted by molar-refractivity contribution is -0.137. The van der Waals surface area contributed by atoms with Crippen LogP contribution >= 0.6 is 7.92 Å². The number of aryl methyl sites for hydroxylation is 1. The summed E-state index contributed by atoms with van der Waals surface area (Å²) in [5.41, 5.74) is 1.39. The molecule has 0 N–H and O–H groups in total. The van der Waals surface area contributed by atoms with Crippen LogP contribution in [0, 0.1) is 6.92 Å². The Kier molecular flexibility index (Phi) is 5.85. The van der Waals surface area contributed by atoms with Gasteiger partial charge in [0.1, 0.15) is 17.2 Å². The number of fused-ring (bicyclic) bond motifs is 1. The first-order valence-electron chi connectivity index (χ1n) is 9.78. The van der Waals surface area contributed by atoms with Crippen molar-refractivity contribution in [3.05, 3.63) is 71.3 Å². The predicted octanol–water partition coefficient (Wildman–Crippen LogP) is 4.72. The number of hydrogen-bond acceptors (Lipinski definition) is 3. The average Bonchev–Trinajstić information content (AvgIpc) is 3.24. The zero-order chi connectivity index (χ0) is 22.2. The molecule has 0 aliphatic carbocycles. The summed E-state index contributed by atoms with van der Waals surface area (Å²) < 4.78 is 57.1. The SMILES string of the molecule is COc1cc(C)ccc1P(c1ccc(C(F)(F)F)cc1OC)c1cccc2c1OCC2. The normalized spacial score (nSPS) is 14.0. The van der Waals surface area contributed by atoms with Crippen LogP contribution in [0.2, 0.25) is 0 Å². The standard InChI is InChI=1S/C24H22F3O3P/c1-15-7-9-20(18(13-15)28-2)31(22-6-4-5-16-11-12-30-23(16)22)21-10-8-17(24(25,26)27)14-19(21)29-3/h4-10,13-14H,11-12H2,1-3H3. The minimum absolute atomic E-state index is 0.194. The summed E-state index contributed by atoms with van der Waals surface area (Å²) in [6.07, 6.45) is -3.64. The summed E-state index contributed by atoms with van der Waals surface area (Å²) in [6, 6.07) is 15.6. The van der Waals surface area contributed by atoms with E-state index in [-0.39, 0.29) is 5.75 Å². The van der Waals surface area contributed by atoms with E-state index in [2.05, 4.69) is 0 Å². The van der Waals surface area contributed by atoms with Crippen molar-refractivity contribution in [1.82, 2.24) is 0 Å². The molecule has 162 valence electrons. The van der Waals surface area contributed by atoms with Gasteiger partial charge < -0.3 is 14.2 Å². The summed E-state index contributed by atoms with van der Waals surface area (Å²) >= 11 is 0. The Bertz CT molecular complexity index is 1110. The third kappa shape index (κ3) is 4.09. The molecule has 0 saturated carbocycles. The molecule has 3 nitrogen and oxygen atoms in total. The molecule has 1 aliphatic rings. The van der Waals surface area contributed by atoms with Crippen molar-refractivity contribution in [2.75, 3.05) is 20.8 Å². The zero-order valence-electron chi connectivity index (χ0n) is 17.4. The molecular weight excluding hydrogens is 424 g/mol. The first-order valence-corrected chi connectivity index (χ1v) is 11.1. The van der Waals surface area contributed by atoms with Crippen LogP contribution in [0.1, 0.15) is 16.7 Å². The highest BCUT2D eigenvalue weighted by atomic mass is 31.1. The van der Waals surface area contributed by atoms with Crippen LogP contribution in [0.25, 0.3) is 0 Å². The van der Waals surface area contributed by atoms with E-state index in [1.54, 1.807) is 7.11 Å². The van der Waals surface area contributed by atoms with E-state index >= 15 is 0 Å². The van der Waals surface area contributed by atoms with E-state index in [4.69, 9.17) is 14.2 Å². The highest BCUT2D eigenvalue weighted by molar-refractivity contribution is 7.80. The number of para-hydroxylation sites is 1. The Hall–Kier alpha value is -2.72. The second-order valence-electron chi connectivity index (χ2n) is 7.26. The first-order chi connectivity index (χ1) is 14.8. The molecule has 3 aromatic carbocycles. The molecule has 1 aliphatic heterocycles. The molecule has 4 rings (SSSR count). The summed E-state index contributed by atoms with van der Waals surface area (Å²) in [5, 5.41) is 2.51. The Morgan fingerprint density at radius 1 is 0.871 bits per heavy atom. The molecule has 7 heteroatoms. The van der Waals surface area contributed by atoms with Gasteiger partial charge in [-0.2, -0.15) is 13.2 Å². The van der Waals surface area contributed by atoms with Crippen LogP contribution in [0.5, 0.6) is 17.2 Å². The number of hydrogen-bond donors (Lipinski definition) is 0. The maximum absolute atomic E-state index is 13.3. The van der Waals surface area contributed by atoms with Gasteiger partial charge in [0.2, 0.25) is 0 Å². The third-order valence-corrected chi connectivity index (χ3v) is 7.80. The van der Waals surface area contributed by atoms with Gasteiger partial charge in [0.15, 0.2) is 0 Å². The van der Waals surface area contributed by atoms with Crippen molar-refractivity contribution >= 4 is 23.8 Å². The smallest absolute Gasteiger partial charge is 0.416 e. The maximum Gasteiger partial charge on any atom is 0.416 e. The molecular formula is C24H22F3O3P. The zero-order valence-corrected chi connectivity index (χ0v) is 18.3. The largest absolute Gasteiger partial charge is 0.496 e. The lowest BCUT2D eigenvalue weighted by atomic mass is 10.2. The lowest BCUT2D eigenvalue weighted by Crippen LogP contribution is -2.25. The minimum atomic E-state index is -4.45. The van der Waals surface area contributed by atoms with Crippen LogP contribution in [0.4, 0.5) is 13.2 Å². The van der Waals surface area contributed by atoms with Gasteiger partial charge in [-0.05, 0) is 56.3 Å². The molecule has 0 spiro atoms. The van der Waals surface area contributed by atoms with Gasteiger partial charge in [0, 0.05) is 22.3 Å². The van der Waals surface area contributed by atoms with E-state index in [1.165, 1.54) is 13.2 Å². The Labute approximate surface area is 180 Å². The second kappa shape index (κ2) is 8.43. The summed E-state index contributed by atoms with van der Waals surface area (Å²) in [5.74, 6) is 1.68. The van der Waals surface area contributed by atoms with Gasteiger partial charge >= 0.3 is 6.18 Å². The van der Waals surface area contributed by atoms with Crippen molar-refractivity contribution in [3.63, 3.8) is 0 Å². The van der Waals surface area contributed by atoms with Crippen molar-refractivity contribution in [1.29, 1.82) is 0 Å². The predicted molar refractivity (Wildman–Crippen MR) is 117 cm³/mol. The van der Waals surface area contributed by atoms with Crippen LogP contribution in [-0.2, 0) is 12.6 Å². The molecule has 0 aromatic heterocycles. The van der Waals surface area contributed by atoms with Gasteiger partial charge in [-0.25, -0.2) is 0 Å². The number of halogens is 3. The quantitative estimate of drug-likeness (QED) is 0.531. The number of ether oxygens (including phenoxy) is 3. The van der Waals surface area contributed by atoms with Gasteiger partial charge in [0.25, 0.3) is 0 Å². The van der Waals surface area contributed by atoms with Gasteiger partial charge in [0.05, 0.1) is 26.4 Å². The van der Waals surface area contributed by atoms with Gasteiger partial charge in [-0.1, -0.05) is 24.3 Å². The van der Waals surface area contributed by atoms with Crippen molar-refractivity contribution < 1.29 is 27.4 Å². The molecule has 1 heterocycles. The number of alkyl halides is 3. The number of benzene rings is 3. The maximum atomic E-state index is 13.3. The molecule has 1 atom stereocenters. The fraction of sp³-hybridized carbons (Fsp3) is 0.250. The molecule has 1 unspecified atom stereocenters. The van der Waals surface area contributed by atoms with Crippen molar-refractivity contribution in [2.24, 2.45) is 0 Å². The molecule has 0 fully saturated rings. The molecule has 0 saturated heterocycles. The van der Waals surface area contributed by atoms with Crippen LogP contribution in [0.15, 0.2) is 54.6 Å². The highest BCUT2D eigenvalue weighted by Gasteiger charge is 2.34. The average molecular weight is 446 g/mol. The fourth-order valence-corrected chi connectivity index (χ4v) is 6.40. The number of rotatable bonds is 5. The van der Waals surface area contributed by atoms with Crippen molar-refractivity contribution in [2.45, 2.75) is 19.5 Å². The van der Waals surface area contributed by atoms with Crippen molar-refractivity contribution in [3.8, 4) is 17.2 Å². The number of methoxy groups -OCH3 is 2. The van der Waals surface area contributed by atoms with Crippen LogP contribution < -0.4 is 30.1 Å². The Balaban J connectivity index is 1.98. The Morgan fingerprint density at radius 2 is 1.55 bits per heavy atom. The summed E-state index contributed by atoms with van der Waals surface area (Å²) in [4.78, 5) is 0. The molecule has 0 bridgehead atoms. The highest BCUT2D eigenvalue weighted by Crippen LogP contribution is 2.45. The molecule has 0 amide bonds. The van der Waals surface area contributed by atoms with E-state index in [0.717, 1.165) is 46.0 Å². The van der Waals surface area contributed by atoms with Gasteiger partial charge in [-0.3, -0.25) is 0 Å².